The van der Waals surface area contributed by atoms with E-state index in [-0.39, 0.29) is 10.5 Å². The molecule has 0 unspecified atom stereocenters. The normalized spacial score (nSPS) is 15.5. The molecule has 1 aliphatic heterocycles. The third-order valence-electron chi connectivity index (χ3n) is 5.40. The highest BCUT2D eigenvalue weighted by Crippen LogP contribution is 2.27. The van der Waals surface area contributed by atoms with Crippen molar-refractivity contribution in [2.24, 2.45) is 0 Å². The standard InChI is InChI=1S/C21H24N4O4S2/c1-4-25-19-15(13-22-21(23-19)30-3)12-18(20(25)26)17-6-5-16(11-14(17)2)31(27,28)24-7-9-29-10-8-24/h5-6,11-13H,4,7-10H2,1-3H3. The number of pyridine rings is 1. The van der Waals surface area contributed by atoms with Crippen LogP contribution in [0, 0.1) is 6.92 Å². The predicted molar refractivity (Wildman–Crippen MR) is 121 cm³/mol. The van der Waals surface area contributed by atoms with Gasteiger partial charge in [-0.1, -0.05) is 17.8 Å². The highest BCUT2D eigenvalue weighted by atomic mass is 32.2. The van der Waals surface area contributed by atoms with Crippen molar-refractivity contribution in [1.29, 1.82) is 0 Å². The van der Waals surface area contributed by atoms with Gasteiger partial charge in [-0.05, 0) is 49.4 Å². The summed E-state index contributed by atoms with van der Waals surface area (Å²) in [7, 11) is -3.60. The number of hydrogen-bond acceptors (Lipinski definition) is 7. The number of sulfonamides is 1. The second kappa shape index (κ2) is 8.70. The third-order valence-corrected chi connectivity index (χ3v) is 7.86. The van der Waals surface area contributed by atoms with E-state index in [0.717, 1.165) is 10.9 Å². The van der Waals surface area contributed by atoms with E-state index >= 15 is 0 Å². The molecule has 0 saturated carbocycles. The van der Waals surface area contributed by atoms with E-state index in [9.17, 15) is 13.2 Å². The molecule has 31 heavy (non-hydrogen) atoms. The maximum Gasteiger partial charge on any atom is 0.260 e. The number of benzene rings is 1. The van der Waals surface area contributed by atoms with Crippen LogP contribution in [0.1, 0.15) is 12.5 Å². The number of aromatic nitrogens is 3. The van der Waals surface area contributed by atoms with Crippen molar-refractivity contribution in [1.82, 2.24) is 18.8 Å². The Hall–Kier alpha value is -2.27. The van der Waals surface area contributed by atoms with E-state index in [1.807, 2.05) is 20.1 Å². The smallest absolute Gasteiger partial charge is 0.260 e. The lowest BCUT2D eigenvalue weighted by Gasteiger charge is -2.26. The molecule has 0 spiro atoms. The van der Waals surface area contributed by atoms with Gasteiger partial charge in [0.25, 0.3) is 5.56 Å². The largest absolute Gasteiger partial charge is 0.379 e. The molecule has 1 saturated heterocycles. The zero-order chi connectivity index (χ0) is 22.2. The Morgan fingerprint density at radius 2 is 1.90 bits per heavy atom. The Kier molecular flexibility index (Phi) is 6.16. The molecule has 1 fully saturated rings. The maximum absolute atomic E-state index is 13.3. The van der Waals surface area contributed by atoms with Crippen molar-refractivity contribution < 1.29 is 13.2 Å². The fraction of sp³-hybridized carbons (Fsp3) is 0.381. The van der Waals surface area contributed by atoms with E-state index in [2.05, 4.69) is 9.97 Å². The first-order chi connectivity index (χ1) is 14.9. The van der Waals surface area contributed by atoms with Gasteiger partial charge in [-0.3, -0.25) is 9.36 Å². The average Bonchev–Trinajstić information content (AvgIpc) is 2.79. The molecule has 164 valence electrons. The van der Waals surface area contributed by atoms with Crippen molar-refractivity contribution in [2.75, 3.05) is 32.6 Å². The number of fused-ring (bicyclic) bond motifs is 1. The molecular weight excluding hydrogens is 436 g/mol. The van der Waals surface area contributed by atoms with Crippen molar-refractivity contribution in [2.45, 2.75) is 30.4 Å². The van der Waals surface area contributed by atoms with Crippen molar-refractivity contribution in [3.05, 3.63) is 46.4 Å². The molecule has 1 aromatic carbocycles. The number of ether oxygens (including phenoxy) is 1. The van der Waals surface area contributed by atoms with Crippen LogP contribution in [-0.4, -0.2) is 59.8 Å². The minimum Gasteiger partial charge on any atom is -0.379 e. The summed E-state index contributed by atoms with van der Waals surface area (Å²) in [5.74, 6) is 0. The minimum atomic E-state index is -3.60. The van der Waals surface area contributed by atoms with Gasteiger partial charge in [-0.15, -0.1) is 0 Å². The minimum absolute atomic E-state index is 0.160. The van der Waals surface area contributed by atoms with E-state index in [4.69, 9.17) is 4.74 Å². The first-order valence-corrected chi connectivity index (χ1v) is 12.7. The van der Waals surface area contributed by atoms with Crippen LogP contribution in [-0.2, 0) is 21.3 Å². The van der Waals surface area contributed by atoms with Gasteiger partial charge in [0.15, 0.2) is 5.16 Å². The molecule has 0 radical (unpaired) electrons. The Labute approximate surface area is 185 Å². The maximum atomic E-state index is 13.3. The number of thioether (sulfide) groups is 1. The molecule has 0 bridgehead atoms. The Bertz CT molecular complexity index is 1300. The first kappa shape index (κ1) is 21.9. The van der Waals surface area contributed by atoms with Crippen LogP contribution in [0.5, 0.6) is 0 Å². The molecule has 4 rings (SSSR count). The lowest BCUT2D eigenvalue weighted by atomic mass is 10.0. The topological polar surface area (TPSA) is 94.4 Å². The Morgan fingerprint density at radius 1 is 1.16 bits per heavy atom. The van der Waals surface area contributed by atoms with Gasteiger partial charge in [0.2, 0.25) is 10.0 Å². The summed E-state index contributed by atoms with van der Waals surface area (Å²) in [5.41, 5.74) is 2.36. The molecule has 3 aromatic rings. The van der Waals surface area contributed by atoms with E-state index < -0.39 is 10.0 Å². The molecule has 10 heteroatoms. The molecule has 3 heterocycles. The van der Waals surface area contributed by atoms with Crippen molar-refractivity contribution >= 4 is 32.8 Å². The van der Waals surface area contributed by atoms with Gasteiger partial charge in [-0.2, -0.15) is 4.31 Å². The van der Waals surface area contributed by atoms with Gasteiger partial charge in [0, 0.05) is 36.8 Å². The van der Waals surface area contributed by atoms with E-state index in [0.29, 0.717) is 54.8 Å². The number of morpholine rings is 1. The number of aryl methyl sites for hydroxylation is 2. The fourth-order valence-corrected chi connectivity index (χ4v) is 5.59. The highest BCUT2D eigenvalue weighted by Gasteiger charge is 2.27. The molecule has 0 amide bonds. The van der Waals surface area contributed by atoms with Gasteiger partial charge in [0.05, 0.1) is 18.1 Å². The number of rotatable bonds is 5. The quantitative estimate of drug-likeness (QED) is 0.427. The SMILES string of the molecule is CCn1c(=O)c(-c2ccc(S(=O)(=O)N3CCOCC3)cc2C)cc2cnc(SC)nc21. The zero-order valence-corrected chi connectivity index (χ0v) is 19.3. The number of nitrogens with zero attached hydrogens (tertiary/aromatic N) is 4. The lowest BCUT2D eigenvalue weighted by Crippen LogP contribution is -2.40. The predicted octanol–water partition coefficient (Wildman–Crippen LogP) is 2.53. The summed E-state index contributed by atoms with van der Waals surface area (Å²) in [5, 5.41) is 1.37. The van der Waals surface area contributed by atoms with Crippen LogP contribution < -0.4 is 5.56 Å². The van der Waals surface area contributed by atoms with Gasteiger partial charge in [0.1, 0.15) is 5.65 Å². The summed E-state index contributed by atoms with van der Waals surface area (Å²) < 4.78 is 34.3. The van der Waals surface area contributed by atoms with Crippen LogP contribution in [0.15, 0.2) is 45.3 Å². The van der Waals surface area contributed by atoms with Crippen LogP contribution in [0.2, 0.25) is 0 Å². The monoisotopic (exact) mass is 460 g/mol. The van der Waals surface area contributed by atoms with Gasteiger partial charge >= 0.3 is 0 Å². The van der Waals surface area contributed by atoms with Crippen LogP contribution in [0.4, 0.5) is 0 Å². The Balaban J connectivity index is 1.81. The molecule has 1 aliphatic rings. The highest BCUT2D eigenvalue weighted by molar-refractivity contribution is 7.98. The summed E-state index contributed by atoms with van der Waals surface area (Å²) in [6, 6.07) is 6.70. The summed E-state index contributed by atoms with van der Waals surface area (Å²) in [6.45, 7) is 5.66. The molecule has 0 aliphatic carbocycles. The second-order valence-electron chi connectivity index (χ2n) is 7.24. The molecule has 8 nitrogen and oxygen atoms in total. The van der Waals surface area contributed by atoms with E-state index in [1.54, 1.807) is 35.0 Å². The molecule has 2 aromatic heterocycles. The molecule has 0 N–H and O–H groups in total. The molecule has 0 atom stereocenters. The average molecular weight is 461 g/mol. The van der Waals surface area contributed by atoms with E-state index in [1.165, 1.54) is 16.1 Å². The Morgan fingerprint density at radius 3 is 2.55 bits per heavy atom. The number of hydrogen-bond donors (Lipinski definition) is 0. The summed E-state index contributed by atoms with van der Waals surface area (Å²) in [6.07, 6.45) is 3.61. The fourth-order valence-electron chi connectivity index (χ4n) is 3.76. The van der Waals surface area contributed by atoms with Gasteiger partial charge in [-0.25, -0.2) is 18.4 Å². The van der Waals surface area contributed by atoms with Crippen LogP contribution in [0.3, 0.4) is 0 Å². The molecular formula is C21H24N4O4S2. The second-order valence-corrected chi connectivity index (χ2v) is 9.95. The summed E-state index contributed by atoms with van der Waals surface area (Å²) in [4.78, 5) is 22.3. The zero-order valence-electron chi connectivity index (χ0n) is 17.7. The lowest BCUT2D eigenvalue weighted by molar-refractivity contribution is 0.0730. The first-order valence-electron chi connectivity index (χ1n) is 10.00. The third kappa shape index (κ3) is 4.00. The summed E-state index contributed by atoms with van der Waals surface area (Å²) >= 11 is 1.42. The van der Waals surface area contributed by atoms with Crippen molar-refractivity contribution in [3.63, 3.8) is 0 Å². The van der Waals surface area contributed by atoms with Crippen LogP contribution >= 0.6 is 11.8 Å². The van der Waals surface area contributed by atoms with Crippen LogP contribution in [0.25, 0.3) is 22.2 Å². The van der Waals surface area contributed by atoms with Gasteiger partial charge < -0.3 is 4.74 Å². The van der Waals surface area contributed by atoms with Crippen molar-refractivity contribution in [3.8, 4) is 11.1 Å².